The van der Waals surface area contributed by atoms with Crippen molar-refractivity contribution in [3.8, 4) is 72.4 Å². The van der Waals surface area contributed by atoms with E-state index in [1.807, 2.05) is 0 Å². The molecular weight excluding hydrogens is 1090 g/mol. The average molecular weight is 1150 g/mol. The molecule has 1 N–H and O–H groups in total. The number of nitrogens with one attached hydrogen (secondary N) is 1. The van der Waals surface area contributed by atoms with Crippen LogP contribution in [0.25, 0.3) is 138 Å². The van der Waals surface area contributed by atoms with E-state index in [1.165, 1.54) is 32.7 Å². The summed E-state index contributed by atoms with van der Waals surface area (Å²) in [6.45, 7) is -0.255. The minimum atomic E-state index is -0.255. The number of fused-ring (bicyclic) bond motifs is 13. The van der Waals surface area contributed by atoms with E-state index in [0.717, 1.165) is 150 Å². The molecule has 0 atom stereocenters. The second kappa shape index (κ2) is 19.8. The van der Waals surface area contributed by atoms with Crippen LogP contribution in [0.3, 0.4) is 0 Å². The van der Waals surface area contributed by atoms with E-state index in [4.69, 9.17) is 8.83 Å². The molecule has 0 saturated carbocycles. The van der Waals surface area contributed by atoms with Crippen LogP contribution in [0.5, 0.6) is 0 Å². The Bertz CT molecular complexity index is 5710. The number of furan rings is 2. The van der Waals surface area contributed by atoms with Gasteiger partial charge in [0, 0.05) is 88.6 Å². The Balaban J connectivity index is 0.925. The van der Waals surface area contributed by atoms with Gasteiger partial charge in [-0.15, -0.1) is 0 Å². The number of benzene rings is 14. The van der Waals surface area contributed by atoms with Gasteiger partial charge in [-0.05, 0) is 128 Å². The van der Waals surface area contributed by atoms with Crippen LogP contribution in [0, 0.1) is 0 Å². The largest absolute Gasteiger partial charge is 0.455 e. The molecule has 3 aromatic heterocycles. The van der Waals surface area contributed by atoms with E-state index >= 15 is 0 Å². The zero-order chi connectivity index (χ0) is 59.0. The fourth-order valence-electron chi connectivity index (χ4n) is 15.0. The fourth-order valence-corrected chi connectivity index (χ4v) is 15.0. The second-order valence-corrected chi connectivity index (χ2v) is 23.9. The highest BCUT2D eigenvalue weighted by Gasteiger charge is 2.43. The molecule has 6 heteroatoms. The number of para-hydroxylation sites is 6. The Hall–Kier alpha value is -11.9. The molecule has 2 aliphatic rings. The van der Waals surface area contributed by atoms with Gasteiger partial charge in [0.2, 0.25) is 0 Å². The Kier molecular flexibility index (Phi) is 11.1. The Morgan fingerprint density at radius 2 is 0.800 bits per heavy atom. The topological polar surface area (TPSA) is 46.5 Å². The van der Waals surface area contributed by atoms with Crippen molar-refractivity contribution >= 4 is 117 Å². The zero-order valence-electron chi connectivity index (χ0n) is 48.7. The summed E-state index contributed by atoms with van der Waals surface area (Å²) in [7, 11) is 0. The van der Waals surface area contributed by atoms with E-state index in [0.29, 0.717) is 0 Å². The van der Waals surface area contributed by atoms with Gasteiger partial charge in [-0.1, -0.05) is 237 Å². The summed E-state index contributed by atoms with van der Waals surface area (Å²) < 4.78 is 16.1. The number of nitrogens with zero attached hydrogens (tertiary/aromatic N) is 2. The average Bonchev–Trinajstić information content (AvgIpc) is 0.909. The first-order valence-electron chi connectivity index (χ1n) is 30.9. The van der Waals surface area contributed by atoms with Crippen LogP contribution in [0.4, 0.5) is 28.4 Å². The molecular formula is C84H52BN3O2. The number of aromatic nitrogens is 1. The van der Waals surface area contributed by atoms with Gasteiger partial charge in [0.1, 0.15) is 22.3 Å². The third-order valence-electron chi connectivity index (χ3n) is 19.0. The van der Waals surface area contributed by atoms with Crippen LogP contribution in [0.2, 0.25) is 0 Å². The standard InChI is InChI=1S/C84H52BN3O2/c1-5-21-52(22-6-1)58-48-68(53-23-7-2-8-24-53)82(69(49-58)54-25-9-3-10-26-54)88-76-45-41-57(62-33-20-35-67-65-31-15-18-38-79(65)90-84(62)67)51-72(76)85-71-50-56(61-32-19-34-66-64-30-14-17-37-78(64)89-83(61)66)39-43-73(71)86-81-60(42-46-77(88)80(81)85)55-40-44-75-70(47-55)63-29-13-16-36-74(63)87(75)59-27-11-4-12-28-59/h1-51,86H. The van der Waals surface area contributed by atoms with Crippen LogP contribution < -0.4 is 26.6 Å². The highest BCUT2D eigenvalue weighted by atomic mass is 16.3. The van der Waals surface area contributed by atoms with Gasteiger partial charge < -0.3 is 23.6 Å². The molecule has 0 amide bonds. The van der Waals surface area contributed by atoms with Crippen molar-refractivity contribution in [2.75, 3.05) is 10.2 Å². The Labute approximate surface area is 519 Å². The van der Waals surface area contributed by atoms with Crippen molar-refractivity contribution in [3.63, 3.8) is 0 Å². The lowest BCUT2D eigenvalue weighted by Crippen LogP contribution is -2.60. The van der Waals surface area contributed by atoms with Gasteiger partial charge in [0.05, 0.1) is 16.7 Å². The number of anilines is 5. The quantitative estimate of drug-likeness (QED) is 0.154. The Morgan fingerprint density at radius 1 is 0.300 bits per heavy atom. The predicted molar refractivity (Wildman–Crippen MR) is 377 cm³/mol. The molecule has 2 aliphatic heterocycles. The number of hydrogen-bond donors (Lipinski definition) is 1. The van der Waals surface area contributed by atoms with Crippen molar-refractivity contribution in [2.45, 2.75) is 0 Å². The van der Waals surface area contributed by atoms with Gasteiger partial charge in [-0.2, -0.15) is 0 Å². The number of hydrogen-bond acceptors (Lipinski definition) is 4. The zero-order valence-corrected chi connectivity index (χ0v) is 48.7. The lowest BCUT2D eigenvalue weighted by atomic mass is 9.33. The van der Waals surface area contributed by atoms with E-state index in [1.54, 1.807) is 0 Å². The van der Waals surface area contributed by atoms with E-state index in [-0.39, 0.29) is 6.71 Å². The van der Waals surface area contributed by atoms with Crippen molar-refractivity contribution in [1.29, 1.82) is 0 Å². The van der Waals surface area contributed by atoms with E-state index in [9.17, 15) is 0 Å². The van der Waals surface area contributed by atoms with Gasteiger partial charge in [-0.25, -0.2) is 0 Å². The van der Waals surface area contributed by atoms with Gasteiger partial charge in [0.15, 0.2) is 0 Å². The Morgan fingerprint density at radius 3 is 1.44 bits per heavy atom. The summed E-state index contributed by atoms with van der Waals surface area (Å²) in [5, 5.41) is 11.1. The maximum atomic E-state index is 6.89. The summed E-state index contributed by atoms with van der Waals surface area (Å²) >= 11 is 0. The number of rotatable bonds is 8. The van der Waals surface area contributed by atoms with Gasteiger partial charge in [0.25, 0.3) is 6.71 Å². The third kappa shape index (κ3) is 7.65. The van der Waals surface area contributed by atoms with Crippen molar-refractivity contribution < 1.29 is 8.83 Å². The molecule has 0 aliphatic carbocycles. The second-order valence-electron chi connectivity index (χ2n) is 23.9. The maximum Gasteiger partial charge on any atom is 0.252 e. The molecule has 0 radical (unpaired) electrons. The summed E-state index contributed by atoms with van der Waals surface area (Å²) in [6.07, 6.45) is 0. The first-order valence-corrected chi connectivity index (χ1v) is 30.9. The molecule has 0 saturated heterocycles. The fraction of sp³-hybridized carbons (Fsp3) is 0. The SMILES string of the molecule is c1ccc(-c2cc(-c3ccccc3)c(N3c4ccc(-c5cccc6c5oc5ccccc56)cc4B4c5cc(-c6cccc7c6oc6ccccc67)ccc5Nc5c(-c6ccc7c(c6)c6ccccc6n7-c6ccccc6)ccc3c54)c(-c3ccccc3)c2)cc1. The molecule has 0 bridgehead atoms. The smallest absolute Gasteiger partial charge is 0.252 e. The molecule has 19 rings (SSSR count). The van der Waals surface area contributed by atoms with Crippen molar-refractivity contribution in [2.24, 2.45) is 0 Å². The monoisotopic (exact) mass is 1150 g/mol. The normalized spacial score (nSPS) is 12.5. The van der Waals surface area contributed by atoms with E-state index in [2.05, 4.69) is 324 Å². The van der Waals surface area contributed by atoms with Crippen LogP contribution in [-0.4, -0.2) is 11.3 Å². The highest BCUT2D eigenvalue weighted by Crippen LogP contribution is 2.52. The summed E-state index contributed by atoms with van der Waals surface area (Å²) in [5.74, 6) is 0. The van der Waals surface area contributed by atoms with Crippen LogP contribution >= 0.6 is 0 Å². The molecule has 90 heavy (non-hydrogen) atoms. The van der Waals surface area contributed by atoms with Crippen LogP contribution in [0.15, 0.2) is 318 Å². The minimum absolute atomic E-state index is 0.255. The highest BCUT2D eigenvalue weighted by molar-refractivity contribution is 7.00. The lowest BCUT2D eigenvalue weighted by Gasteiger charge is -2.43. The minimum Gasteiger partial charge on any atom is -0.455 e. The van der Waals surface area contributed by atoms with Gasteiger partial charge in [-0.3, -0.25) is 0 Å². The molecule has 17 aromatic rings. The maximum absolute atomic E-state index is 6.89. The summed E-state index contributed by atoms with van der Waals surface area (Å²) in [5.41, 5.74) is 29.3. The predicted octanol–water partition coefficient (Wildman–Crippen LogP) is 20.9. The molecule has 0 spiro atoms. The van der Waals surface area contributed by atoms with Crippen LogP contribution in [0.1, 0.15) is 0 Å². The summed E-state index contributed by atoms with van der Waals surface area (Å²) in [4.78, 5) is 2.60. The van der Waals surface area contributed by atoms with Gasteiger partial charge >= 0.3 is 0 Å². The first kappa shape index (κ1) is 50.3. The third-order valence-corrected chi connectivity index (χ3v) is 19.0. The molecule has 14 aromatic carbocycles. The lowest BCUT2D eigenvalue weighted by molar-refractivity contribution is 0.669. The van der Waals surface area contributed by atoms with Crippen molar-refractivity contribution in [1.82, 2.24) is 4.57 Å². The van der Waals surface area contributed by atoms with E-state index < -0.39 is 0 Å². The molecule has 5 heterocycles. The molecule has 418 valence electrons. The first-order chi connectivity index (χ1) is 44.6. The van der Waals surface area contributed by atoms with Crippen LogP contribution in [-0.2, 0) is 0 Å². The molecule has 0 unspecified atom stereocenters. The molecule has 0 fully saturated rings. The molecule has 5 nitrogen and oxygen atoms in total. The summed E-state index contributed by atoms with van der Waals surface area (Å²) in [6, 6.07) is 113. The van der Waals surface area contributed by atoms with Crippen molar-refractivity contribution in [3.05, 3.63) is 309 Å².